The minimum Gasteiger partial charge on any atom is -0.372 e. The van der Waals surface area contributed by atoms with Crippen molar-refractivity contribution in [3.63, 3.8) is 0 Å². The molecule has 2 rings (SSSR count). The first kappa shape index (κ1) is 15.3. The van der Waals surface area contributed by atoms with E-state index in [1.165, 1.54) is 6.42 Å². The molecule has 1 aromatic carbocycles. The second-order valence-corrected chi connectivity index (χ2v) is 6.26. The summed E-state index contributed by atoms with van der Waals surface area (Å²) in [4.78, 5) is 4.37. The van der Waals surface area contributed by atoms with E-state index in [-0.39, 0.29) is 11.9 Å². The highest BCUT2D eigenvalue weighted by Gasteiger charge is 2.21. The fraction of sp³-hybridized carbons (Fsp3) is 0.625. The molecule has 112 valence electrons. The average molecular weight is 279 g/mol. The number of benzene rings is 1. The Bertz CT molecular complexity index is 447. The Labute approximate surface area is 121 Å². The lowest BCUT2D eigenvalue weighted by Crippen LogP contribution is -2.28. The van der Waals surface area contributed by atoms with Crippen molar-refractivity contribution in [1.82, 2.24) is 4.90 Å². The molecular formula is C16H26FN3. The molecule has 0 radical (unpaired) electrons. The summed E-state index contributed by atoms with van der Waals surface area (Å²) in [6, 6.07) is 5.55. The number of rotatable bonds is 5. The van der Waals surface area contributed by atoms with Gasteiger partial charge in [-0.3, -0.25) is 0 Å². The van der Waals surface area contributed by atoms with Gasteiger partial charge in [0, 0.05) is 26.2 Å². The third-order valence-corrected chi connectivity index (χ3v) is 4.00. The fourth-order valence-electron chi connectivity index (χ4n) is 3.02. The van der Waals surface area contributed by atoms with E-state index in [4.69, 9.17) is 5.73 Å². The molecule has 0 aromatic heterocycles. The molecule has 1 aromatic rings. The summed E-state index contributed by atoms with van der Waals surface area (Å²) in [5, 5.41) is 0. The Morgan fingerprint density at radius 3 is 2.80 bits per heavy atom. The number of hydrogen-bond donors (Lipinski definition) is 1. The number of hydrogen-bond acceptors (Lipinski definition) is 3. The fourth-order valence-corrected chi connectivity index (χ4v) is 3.02. The second-order valence-electron chi connectivity index (χ2n) is 6.26. The molecule has 1 fully saturated rings. The highest BCUT2D eigenvalue weighted by atomic mass is 19.1. The predicted molar refractivity (Wildman–Crippen MR) is 82.6 cm³/mol. The van der Waals surface area contributed by atoms with Gasteiger partial charge in [0.25, 0.3) is 0 Å². The van der Waals surface area contributed by atoms with E-state index in [0.29, 0.717) is 18.0 Å². The monoisotopic (exact) mass is 279 g/mol. The molecule has 0 saturated carbocycles. The van der Waals surface area contributed by atoms with Crippen molar-refractivity contribution in [2.45, 2.75) is 25.8 Å². The average Bonchev–Trinajstić information content (AvgIpc) is 2.73. The van der Waals surface area contributed by atoms with Crippen molar-refractivity contribution < 1.29 is 4.39 Å². The minimum absolute atomic E-state index is 0.0620. The molecule has 1 aliphatic heterocycles. The summed E-state index contributed by atoms with van der Waals surface area (Å²) >= 11 is 0. The first-order chi connectivity index (χ1) is 9.45. The Morgan fingerprint density at radius 1 is 1.50 bits per heavy atom. The molecular weight excluding hydrogens is 253 g/mol. The van der Waals surface area contributed by atoms with E-state index in [1.54, 1.807) is 6.07 Å². The van der Waals surface area contributed by atoms with Crippen LogP contribution in [-0.4, -0.2) is 44.7 Å². The van der Waals surface area contributed by atoms with E-state index >= 15 is 0 Å². The number of nitrogens with zero attached hydrogens (tertiary/aromatic N) is 2. The standard InChI is InChI=1S/C16H26FN3/c1-12(18)8-13-4-5-16(15(17)9-13)20(3)11-14-6-7-19(2)10-14/h4-5,9,12,14H,6-8,10-11,18H2,1-3H3. The zero-order valence-electron chi connectivity index (χ0n) is 12.8. The maximum Gasteiger partial charge on any atom is 0.146 e. The molecule has 0 amide bonds. The van der Waals surface area contributed by atoms with Crippen LogP contribution in [0.2, 0.25) is 0 Å². The Kier molecular flexibility index (Phi) is 5.00. The third-order valence-electron chi connectivity index (χ3n) is 4.00. The van der Waals surface area contributed by atoms with Crippen LogP contribution in [0.5, 0.6) is 0 Å². The lowest BCUT2D eigenvalue weighted by atomic mass is 10.1. The quantitative estimate of drug-likeness (QED) is 0.896. The van der Waals surface area contributed by atoms with Crippen LogP contribution < -0.4 is 10.6 Å². The lowest BCUT2D eigenvalue weighted by Gasteiger charge is -2.24. The third kappa shape index (κ3) is 3.93. The van der Waals surface area contributed by atoms with E-state index in [1.807, 2.05) is 31.0 Å². The molecule has 1 aliphatic rings. The molecule has 0 spiro atoms. The zero-order chi connectivity index (χ0) is 14.7. The molecule has 1 heterocycles. The Balaban J connectivity index is 2.00. The van der Waals surface area contributed by atoms with Crippen LogP contribution in [0.3, 0.4) is 0 Å². The molecule has 1 saturated heterocycles. The first-order valence-electron chi connectivity index (χ1n) is 7.39. The van der Waals surface area contributed by atoms with Crippen molar-refractivity contribution in [2.75, 3.05) is 38.6 Å². The lowest BCUT2D eigenvalue weighted by molar-refractivity contribution is 0.395. The van der Waals surface area contributed by atoms with Gasteiger partial charge in [-0.25, -0.2) is 4.39 Å². The van der Waals surface area contributed by atoms with Crippen LogP contribution >= 0.6 is 0 Å². The Morgan fingerprint density at radius 2 is 2.25 bits per heavy atom. The van der Waals surface area contributed by atoms with Crippen LogP contribution in [0.25, 0.3) is 0 Å². The predicted octanol–water partition coefficient (Wildman–Crippen LogP) is 2.10. The normalized spacial score (nSPS) is 21.1. The van der Waals surface area contributed by atoms with Crippen LogP contribution in [0.1, 0.15) is 18.9 Å². The van der Waals surface area contributed by atoms with Crippen molar-refractivity contribution in [2.24, 2.45) is 11.7 Å². The molecule has 0 bridgehead atoms. The van der Waals surface area contributed by atoms with Crippen LogP contribution in [0.4, 0.5) is 10.1 Å². The highest BCUT2D eigenvalue weighted by molar-refractivity contribution is 5.48. The van der Waals surface area contributed by atoms with Crippen molar-refractivity contribution in [3.05, 3.63) is 29.6 Å². The van der Waals surface area contributed by atoms with E-state index in [2.05, 4.69) is 11.9 Å². The Hall–Kier alpha value is -1.13. The summed E-state index contributed by atoms with van der Waals surface area (Å²) in [5.41, 5.74) is 7.41. The highest BCUT2D eigenvalue weighted by Crippen LogP contribution is 2.23. The topological polar surface area (TPSA) is 32.5 Å². The first-order valence-corrected chi connectivity index (χ1v) is 7.39. The smallest absolute Gasteiger partial charge is 0.146 e. The number of nitrogens with two attached hydrogens (primary N) is 1. The van der Waals surface area contributed by atoms with Gasteiger partial charge in [0.05, 0.1) is 5.69 Å². The van der Waals surface area contributed by atoms with Gasteiger partial charge < -0.3 is 15.5 Å². The molecule has 20 heavy (non-hydrogen) atoms. The van der Waals surface area contributed by atoms with Gasteiger partial charge in [-0.15, -0.1) is 0 Å². The van der Waals surface area contributed by atoms with E-state index in [0.717, 1.165) is 25.2 Å². The largest absolute Gasteiger partial charge is 0.372 e. The SMILES string of the molecule is CC(N)Cc1ccc(N(C)CC2CCN(C)C2)c(F)c1. The van der Waals surface area contributed by atoms with E-state index < -0.39 is 0 Å². The van der Waals surface area contributed by atoms with Crippen LogP contribution in [0.15, 0.2) is 18.2 Å². The molecule has 2 atom stereocenters. The maximum absolute atomic E-state index is 14.2. The van der Waals surface area contributed by atoms with Gasteiger partial charge in [-0.2, -0.15) is 0 Å². The summed E-state index contributed by atoms with van der Waals surface area (Å²) in [6.07, 6.45) is 1.92. The number of halogens is 1. The number of anilines is 1. The minimum atomic E-state index is -0.142. The molecule has 2 unspecified atom stereocenters. The van der Waals surface area contributed by atoms with Gasteiger partial charge in [-0.05, 0) is 57.0 Å². The zero-order valence-corrected chi connectivity index (χ0v) is 12.8. The van der Waals surface area contributed by atoms with E-state index in [9.17, 15) is 4.39 Å². The van der Waals surface area contributed by atoms with Crippen molar-refractivity contribution >= 4 is 5.69 Å². The van der Waals surface area contributed by atoms with Gasteiger partial charge in [-0.1, -0.05) is 6.07 Å². The molecule has 3 nitrogen and oxygen atoms in total. The molecule has 2 N–H and O–H groups in total. The van der Waals surface area contributed by atoms with Crippen molar-refractivity contribution in [1.29, 1.82) is 0 Å². The maximum atomic E-state index is 14.2. The summed E-state index contributed by atoms with van der Waals surface area (Å²) in [5.74, 6) is 0.491. The van der Waals surface area contributed by atoms with Crippen LogP contribution in [0, 0.1) is 11.7 Å². The van der Waals surface area contributed by atoms with Crippen molar-refractivity contribution in [3.8, 4) is 0 Å². The second kappa shape index (κ2) is 6.55. The summed E-state index contributed by atoms with van der Waals surface area (Å²) in [6.45, 7) is 5.10. The van der Waals surface area contributed by atoms with Gasteiger partial charge >= 0.3 is 0 Å². The summed E-state index contributed by atoms with van der Waals surface area (Å²) < 4.78 is 14.2. The summed E-state index contributed by atoms with van der Waals surface area (Å²) in [7, 11) is 4.12. The van der Waals surface area contributed by atoms with Gasteiger partial charge in [0.2, 0.25) is 0 Å². The van der Waals surface area contributed by atoms with Gasteiger partial charge in [0.1, 0.15) is 5.82 Å². The number of likely N-dealkylation sites (tertiary alicyclic amines) is 1. The molecule has 4 heteroatoms. The van der Waals surface area contributed by atoms with Gasteiger partial charge in [0.15, 0.2) is 0 Å². The molecule has 0 aliphatic carbocycles. The van der Waals surface area contributed by atoms with Crippen LogP contribution in [-0.2, 0) is 6.42 Å².